The Hall–Kier alpha value is -0.380. The van der Waals surface area contributed by atoms with Crippen molar-refractivity contribution in [2.45, 2.75) is 118 Å². The molecule has 34 heavy (non-hydrogen) atoms. The van der Waals surface area contributed by atoms with Crippen LogP contribution in [-0.2, 0) is 4.74 Å². The molecule has 10 atom stereocenters. The summed E-state index contributed by atoms with van der Waals surface area (Å²) in [6, 6.07) is 0. The minimum atomic E-state index is -0.262. The average molecular weight is 473 g/mol. The van der Waals surface area contributed by atoms with Crippen molar-refractivity contribution in [2.24, 2.45) is 50.2 Å². The second-order valence-corrected chi connectivity index (χ2v) is 15.4. The summed E-state index contributed by atoms with van der Waals surface area (Å²) in [5.41, 5.74) is 2.47. The summed E-state index contributed by atoms with van der Waals surface area (Å²) in [4.78, 5) is 0. The first kappa shape index (κ1) is 25.3. The van der Waals surface area contributed by atoms with Crippen LogP contribution in [0.3, 0.4) is 0 Å². The molecule has 0 amide bonds. The van der Waals surface area contributed by atoms with E-state index in [1.54, 1.807) is 12.7 Å². The summed E-state index contributed by atoms with van der Waals surface area (Å²) in [5.74, 6) is 1.65. The number of allylic oxidation sites excluding steroid dienone is 2. The van der Waals surface area contributed by atoms with Crippen LogP contribution in [0, 0.1) is 50.2 Å². The third kappa shape index (κ3) is 3.05. The number of ether oxygens (including phenoxy) is 1. The second kappa shape index (κ2) is 7.57. The third-order valence-corrected chi connectivity index (χ3v) is 13.4. The van der Waals surface area contributed by atoms with E-state index < -0.39 is 0 Å². The highest BCUT2D eigenvalue weighted by molar-refractivity contribution is 5.34. The highest BCUT2D eigenvalue weighted by Gasteiger charge is 2.69. The van der Waals surface area contributed by atoms with E-state index in [0.29, 0.717) is 24.4 Å². The van der Waals surface area contributed by atoms with Crippen molar-refractivity contribution in [3.05, 3.63) is 11.6 Å². The maximum Gasteiger partial charge on any atom is 0.0618 e. The lowest BCUT2D eigenvalue weighted by molar-refractivity contribution is -0.220. The maximum atomic E-state index is 11.3. The van der Waals surface area contributed by atoms with Crippen LogP contribution in [0.25, 0.3) is 0 Å². The average Bonchev–Trinajstić information content (AvgIpc) is 2.73. The monoisotopic (exact) mass is 472 g/mol. The summed E-state index contributed by atoms with van der Waals surface area (Å²) in [7, 11) is 1.80. The highest BCUT2D eigenvalue weighted by atomic mass is 16.5. The van der Waals surface area contributed by atoms with E-state index in [1.165, 1.54) is 25.7 Å². The van der Waals surface area contributed by atoms with Gasteiger partial charge in [0.05, 0.1) is 18.8 Å². The van der Waals surface area contributed by atoms with Gasteiger partial charge in [0.2, 0.25) is 0 Å². The summed E-state index contributed by atoms with van der Waals surface area (Å²) in [6.07, 6.45) is 12.3. The second-order valence-electron chi connectivity index (χ2n) is 15.4. The lowest BCUT2D eigenvalue weighted by Crippen LogP contribution is -2.66. The molecule has 0 aliphatic heterocycles. The Bertz CT molecular complexity index is 863. The minimum absolute atomic E-state index is 0.0249. The molecule has 5 aliphatic rings. The Kier molecular flexibility index (Phi) is 5.63. The fourth-order valence-electron chi connectivity index (χ4n) is 11.0. The van der Waals surface area contributed by atoms with Crippen molar-refractivity contribution < 1.29 is 14.9 Å². The van der Waals surface area contributed by atoms with E-state index in [4.69, 9.17) is 4.74 Å². The first-order valence-corrected chi connectivity index (χ1v) is 14.2. The van der Waals surface area contributed by atoms with Gasteiger partial charge in [0.15, 0.2) is 0 Å². The Morgan fingerprint density at radius 2 is 1.53 bits per heavy atom. The SMILES string of the molecule is COC[C@@]1(C)C2CC[C@]3(C)[C@H](CC=C4[C@H]5CC(C)(C)C[C@@H](O)[C@]5(C)CC[C@]43C)[C@@]2(C)CC[C@@H]1O. The van der Waals surface area contributed by atoms with Gasteiger partial charge in [0.25, 0.3) is 0 Å². The predicted molar refractivity (Wildman–Crippen MR) is 138 cm³/mol. The molecule has 0 radical (unpaired) electrons. The van der Waals surface area contributed by atoms with E-state index in [-0.39, 0.29) is 44.7 Å². The van der Waals surface area contributed by atoms with E-state index in [9.17, 15) is 10.2 Å². The lowest BCUT2D eigenvalue weighted by Gasteiger charge is -2.71. The van der Waals surface area contributed by atoms with Gasteiger partial charge >= 0.3 is 0 Å². The molecule has 3 nitrogen and oxygen atoms in total. The van der Waals surface area contributed by atoms with Crippen LogP contribution in [0.1, 0.15) is 106 Å². The molecule has 4 saturated carbocycles. The Balaban J connectivity index is 1.57. The molecule has 3 heteroatoms. The van der Waals surface area contributed by atoms with Gasteiger partial charge in [-0.05, 0) is 97.2 Å². The fourth-order valence-corrected chi connectivity index (χ4v) is 11.0. The van der Waals surface area contributed by atoms with E-state index in [1.807, 2.05) is 0 Å². The molecule has 0 aromatic carbocycles. The molecule has 0 bridgehead atoms. The number of hydrogen-bond acceptors (Lipinski definition) is 3. The molecule has 0 saturated heterocycles. The fraction of sp³-hybridized carbons (Fsp3) is 0.935. The van der Waals surface area contributed by atoms with Gasteiger partial charge in [0.1, 0.15) is 0 Å². The van der Waals surface area contributed by atoms with Gasteiger partial charge in [-0.2, -0.15) is 0 Å². The topological polar surface area (TPSA) is 49.7 Å². The third-order valence-electron chi connectivity index (χ3n) is 13.4. The van der Waals surface area contributed by atoms with Crippen LogP contribution < -0.4 is 0 Å². The van der Waals surface area contributed by atoms with Crippen molar-refractivity contribution in [3.8, 4) is 0 Å². The zero-order valence-electron chi connectivity index (χ0n) is 23.3. The summed E-state index contributed by atoms with van der Waals surface area (Å²) in [5, 5.41) is 22.5. The molecule has 1 unspecified atom stereocenters. The predicted octanol–water partition coefficient (Wildman–Crippen LogP) is 6.77. The Labute approximate surface area is 209 Å². The maximum absolute atomic E-state index is 11.3. The van der Waals surface area contributed by atoms with Crippen molar-refractivity contribution in [1.29, 1.82) is 0 Å². The molecule has 0 heterocycles. The number of aliphatic hydroxyl groups excluding tert-OH is 2. The highest BCUT2D eigenvalue weighted by Crippen LogP contribution is 2.75. The lowest BCUT2D eigenvalue weighted by atomic mass is 9.33. The molecule has 5 aliphatic carbocycles. The Morgan fingerprint density at radius 1 is 0.824 bits per heavy atom. The molecule has 0 aromatic heterocycles. The van der Waals surface area contributed by atoms with E-state index in [0.717, 1.165) is 32.1 Å². The van der Waals surface area contributed by atoms with Gasteiger partial charge in [-0.15, -0.1) is 0 Å². The van der Waals surface area contributed by atoms with Crippen LogP contribution in [0.4, 0.5) is 0 Å². The molecule has 5 rings (SSSR count). The number of aliphatic hydroxyl groups is 2. The van der Waals surface area contributed by atoms with Gasteiger partial charge < -0.3 is 14.9 Å². The Morgan fingerprint density at radius 3 is 2.21 bits per heavy atom. The molecule has 0 aromatic rings. The standard InChI is InChI=1S/C31H52O3/c1-26(2)17-21-20-9-10-23-28(4)13-12-24(32)29(5,19-34-8)22(28)11-14-31(23,7)30(20,6)16-15-27(21,3)25(33)18-26/h9,21-25,32-33H,10-19H2,1-8H3/t21-,22?,23-,24+,25-,27-,28+,29+,30-,31-/m1/s1. The summed E-state index contributed by atoms with van der Waals surface area (Å²) < 4.78 is 5.72. The molecule has 0 spiro atoms. The van der Waals surface area contributed by atoms with Crippen molar-refractivity contribution in [2.75, 3.05) is 13.7 Å². The smallest absolute Gasteiger partial charge is 0.0618 e. The van der Waals surface area contributed by atoms with E-state index in [2.05, 4.69) is 54.5 Å². The van der Waals surface area contributed by atoms with Crippen LogP contribution >= 0.6 is 0 Å². The molecule has 194 valence electrons. The largest absolute Gasteiger partial charge is 0.393 e. The van der Waals surface area contributed by atoms with Gasteiger partial charge in [-0.1, -0.05) is 60.1 Å². The van der Waals surface area contributed by atoms with Crippen LogP contribution in [0.15, 0.2) is 11.6 Å². The van der Waals surface area contributed by atoms with Crippen LogP contribution in [0.5, 0.6) is 0 Å². The minimum Gasteiger partial charge on any atom is -0.393 e. The normalized spacial score (nSPS) is 56.4. The molecule has 4 fully saturated rings. The quantitative estimate of drug-likeness (QED) is 0.436. The number of methoxy groups -OCH3 is 1. The van der Waals surface area contributed by atoms with E-state index >= 15 is 0 Å². The van der Waals surface area contributed by atoms with Crippen molar-refractivity contribution >= 4 is 0 Å². The molecule has 2 N–H and O–H groups in total. The van der Waals surface area contributed by atoms with Gasteiger partial charge in [0, 0.05) is 17.9 Å². The van der Waals surface area contributed by atoms with Gasteiger partial charge in [-0.3, -0.25) is 0 Å². The van der Waals surface area contributed by atoms with Crippen LogP contribution in [0.2, 0.25) is 0 Å². The number of hydrogen-bond donors (Lipinski definition) is 2. The van der Waals surface area contributed by atoms with Crippen molar-refractivity contribution in [1.82, 2.24) is 0 Å². The zero-order chi connectivity index (χ0) is 24.9. The number of rotatable bonds is 2. The first-order chi connectivity index (χ1) is 15.7. The van der Waals surface area contributed by atoms with Crippen molar-refractivity contribution in [3.63, 3.8) is 0 Å². The summed E-state index contributed by atoms with van der Waals surface area (Å²) >= 11 is 0. The zero-order valence-corrected chi connectivity index (χ0v) is 23.3. The van der Waals surface area contributed by atoms with Gasteiger partial charge in [-0.25, -0.2) is 0 Å². The van der Waals surface area contributed by atoms with Crippen LogP contribution in [-0.4, -0.2) is 36.1 Å². The summed E-state index contributed by atoms with van der Waals surface area (Å²) in [6.45, 7) is 17.9. The number of fused-ring (bicyclic) bond motifs is 7. The molecular formula is C31H52O3. The first-order valence-electron chi connectivity index (χ1n) is 14.2. The molecular weight excluding hydrogens is 420 g/mol.